The standard InChI is InChI=1S/C12H9AsCl2O3/c14-9-1-5-11(6-2-9)17-13(16)18-12-7-3-10(15)4-8-12/h1-8,13H. The van der Waals surface area contributed by atoms with E-state index in [1.54, 1.807) is 48.5 Å². The Labute approximate surface area is 119 Å². The van der Waals surface area contributed by atoms with E-state index in [1.807, 2.05) is 0 Å². The molecule has 0 atom stereocenters. The molecule has 0 amide bonds. The molecule has 0 unspecified atom stereocenters. The van der Waals surface area contributed by atoms with Crippen LogP contribution in [0.2, 0.25) is 10.0 Å². The van der Waals surface area contributed by atoms with Crippen molar-refractivity contribution in [2.45, 2.75) is 0 Å². The Balaban J connectivity index is 1.96. The van der Waals surface area contributed by atoms with Crippen molar-refractivity contribution in [1.82, 2.24) is 0 Å². The third-order valence-corrected chi connectivity index (χ3v) is 4.22. The van der Waals surface area contributed by atoms with Crippen molar-refractivity contribution >= 4 is 38.5 Å². The van der Waals surface area contributed by atoms with Gasteiger partial charge in [0.25, 0.3) is 0 Å². The van der Waals surface area contributed by atoms with Crippen molar-refractivity contribution in [3.05, 3.63) is 58.6 Å². The molecule has 0 saturated carbocycles. The van der Waals surface area contributed by atoms with Crippen LogP contribution in [0, 0.1) is 0 Å². The van der Waals surface area contributed by atoms with Gasteiger partial charge in [0.1, 0.15) is 0 Å². The minimum absolute atomic E-state index is 0.471. The van der Waals surface area contributed by atoms with Crippen LogP contribution in [0.4, 0.5) is 0 Å². The predicted molar refractivity (Wildman–Crippen MR) is 72.0 cm³/mol. The average Bonchev–Trinajstić information content (AvgIpc) is 2.35. The maximum atomic E-state index is 11.7. The summed E-state index contributed by atoms with van der Waals surface area (Å²) in [5, 5.41) is 1.18. The van der Waals surface area contributed by atoms with E-state index in [9.17, 15) is 3.74 Å². The SMILES string of the molecule is O=[AsH](Oc1ccc(Cl)cc1)Oc1ccc(Cl)cc1. The summed E-state index contributed by atoms with van der Waals surface area (Å²) in [6.45, 7) is 0. The van der Waals surface area contributed by atoms with E-state index in [2.05, 4.69) is 0 Å². The second-order valence-corrected chi connectivity index (χ2v) is 6.14. The second-order valence-electron chi connectivity index (χ2n) is 3.36. The van der Waals surface area contributed by atoms with E-state index >= 15 is 0 Å². The number of hydrogen-bond acceptors (Lipinski definition) is 3. The molecule has 94 valence electrons. The average molecular weight is 347 g/mol. The van der Waals surface area contributed by atoms with Crippen molar-refractivity contribution in [2.24, 2.45) is 0 Å². The molecule has 3 nitrogen and oxygen atoms in total. The van der Waals surface area contributed by atoms with Crippen molar-refractivity contribution in [2.75, 3.05) is 0 Å². The summed E-state index contributed by atoms with van der Waals surface area (Å²) in [4.78, 5) is 0. The summed E-state index contributed by atoms with van der Waals surface area (Å²) in [5.74, 6) is 0.941. The van der Waals surface area contributed by atoms with Gasteiger partial charge < -0.3 is 0 Å². The van der Waals surface area contributed by atoms with Gasteiger partial charge in [-0.2, -0.15) is 0 Å². The van der Waals surface area contributed by atoms with Crippen molar-refractivity contribution in [3.8, 4) is 11.5 Å². The van der Waals surface area contributed by atoms with Gasteiger partial charge in [0.15, 0.2) is 0 Å². The zero-order chi connectivity index (χ0) is 13.0. The van der Waals surface area contributed by atoms with Gasteiger partial charge in [-0.3, -0.25) is 0 Å². The number of benzene rings is 2. The fourth-order valence-electron chi connectivity index (χ4n) is 1.22. The summed E-state index contributed by atoms with van der Waals surface area (Å²) >= 11 is 8.16. The summed E-state index contributed by atoms with van der Waals surface area (Å²) in [6.07, 6.45) is 0. The minimum atomic E-state index is -3.30. The van der Waals surface area contributed by atoms with Crippen LogP contribution in [0.5, 0.6) is 11.5 Å². The van der Waals surface area contributed by atoms with Crippen molar-refractivity contribution < 1.29 is 11.2 Å². The molecule has 0 saturated heterocycles. The Morgan fingerprint density at radius 1 is 0.722 bits per heavy atom. The summed E-state index contributed by atoms with van der Waals surface area (Å²) in [7, 11) is 0. The van der Waals surface area contributed by atoms with E-state index in [1.165, 1.54) is 0 Å². The molecule has 0 radical (unpaired) electrons. The first-order valence-corrected chi connectivity index (χ1v) is 8.37. The Morgan fingerprint density at radius 2 is 1.06 bits per heavy atom. The van der Waals surface area contributed by atoms with E-state index in [4.69, 9.17) is 30.7 Å². The third-order valence-electron chi connectivity index (χ3n) is 2.03. The Morgan fingerprint density at radius 3 is 1.39 bits per heavy atom. The molecule has 18 heavy (non-hydrogen) atoms. The fourth-order valence-corrected chi connectivity index (χ4v) is 2.94. The molecule has 0 heterocycles. The molecule has 0 N–H and O–H groups in total. The second kappa shape index (κ2) is 6.23. The molecule has 0 aliphatic heterocycles. The number of halogens is 2. The normalized spacial score (nSPS) is 10.4. The monoisotopic (exact) mass is 346 g/mol. The van der Waals surface area contributed by atoms with E-state index in [0.29, 0.717) is 21.5 Å². The van der Waals surface area contributed by atoms with Crippen LogP contribution in [-0.4, -0.2) is 15.3 Å². The predicted octanol–water partition coefficient (Wildman–Crippen LogP) is 3.60. The molecule has 0 aromatic heterocycles. The fraction of sp³-hybridized carbons (Fsp3) is 0. The number of rotatable bonds is 4. The van der Waals surface area contributed by atoms with Gasteiger partial charge in [-0.15, -0.1) is 0 Å². The van der Waals surface area contributed by atoms with Crippen LogP contribution >= 0.6 is 23.2 Å². The van der Waals surface area contributed by atoms with Gasteiger partial charge in [0.05, 0.1) is 0 Å². The van der Waals surface area contributed by atoms with Gasteiger partial charge in [-0.25, -0.2) is 0 Å². The molecule has 6 heteroatoms. The molecule has 2 rings (SSSR count). The Hall–Kier alpha value is -1.02. The van der Waals surface area contributed by atoms with E-state index < -0.39 is 15.3 Å². The van der Waals surface area contributed by atoms with E-state index in [-0.39, 0.29) is 0 Å². The van der Waals surface area contributed by atoms with Gasteiger partial charge in [-0.1, -0.05) is 0 Å². The zero-order valence-electron chi connectivity index (χ0n) is 9.10. The molecule has 0 aliphatic rings. The molecule has 2 aromatic carbocycles. The zero-order valence-corrected chi connectivity index (χ0v) is 12.7. The van der Waals surface area contributed by atoms with Gasteiger partial charge in [0, 0.05) is 0 Å². The van der Waals surface area contributed by atoms with Crippen LogP contribution in [0.3, 0.4) is 0 Å². The topological polar surface area (TPSA) is 35.5 Å². The molecule has 2 aromatic rings. The Bertz CT molecular complexity index is 491. The first kappa shape index (κ1) is 13.4. The van der Waals surface area contributed by atoms with Gasteiger partial charge in [0.2, 0.25) is 0 Å². The molecule has 0 fully saturated rings. The summed E-state index contributed by atoms with van der Waals surface area (Å²) < 4.78 is 22.1. The maximum absolute atomic E-state index is 11.7. The first-order chi connectivity index (χ1) is 8.63. The van der Waals surface area contributed by atoms with Crippen LogP contribution in [0.15, 0.2) is 48.5 Å². The van der Waals surface area contributed by atoms with Crippen LogP contribution in [-0.2, 0) is 3.74 Å². The van der Waals surface area contributed by atoms with E-state index in [0.717, 1.165) is 0 Å². The number of hydrogen-bond donors (Lipinski definition) is 0. The van der Waals surface area contributed by atoms with Crippen molar-refractivity contribution in [3.63, 3.8) is 0 Å². The summed E-state index contributed by atoms with van der Waals surface area (Å²) in [5.41, 5.74) is 0. The molecule has 0 spiro atoms. The van der Waals surface area contributed by atoms with Gasteiger partial charge in [-0.05, 0) is 0 Å². The van der Waals surface area contributed by atoms with Crippen LogP contribution in [0.1, 0.15) is 0 Å². The Kier molecular flexibility index (Phi) is 4.65. The quantitative estimate of drug-likeness (QED) is 0.793. The molecular weight excluding hydrogens is 338 g/mol. The van der Waals surface area contributed by atoms with Crippen LogP contribution < -0.4 is 7.45 Å². The third kappa shape index (κ3) is 4.02. The molecular formula is C12H9AsCl2O3. The van der Waals surface area contributed by atoms with Gasteiger partial charge >= 0.3 is 120 Å². The molecule has 0 bridgehead atoms. The first-order valence-electron chi connectivity index (χ1n) is 5.04. The summed E-state index contributed by atoms with van der Waals surface area (Å²) in [6, 6.07) is 13.2. The molecule has 0 aliphatic carbocycles. The van der Waals surface area contributed by atoms with Crippen molar-refractivity contribution in [1.29, 1.82) is 0 Å². The van der Waals surface area contributed by atoms with Crippen LogP contribution in [0.25, 0.3) is 0 Å².